The van der Waals surface area contributed by atoms with Gasteiger partial charge < -0.3 is 11.5 Å². The van der Waals surface area contributed by atoms with Crippen molar-refractivity contribution in [1.82, 2.24) is 0 Å². The molecule has 0 aliphatic heterocycles. The molecule has 0 saturated carbocycles. The lowest BCUT2D eigenvalue weighted by Gasteiger charge is -2.09. The van der Waals surface area contributed by atoms with Gasteiger partial charge in [0.1, 0.15) is 0 Å². The van der Waals surface area contributed by atoms with E-state index in [2.05, 4.69) is 4.99 Å². The molecular formula is C12H11ClF3N3OS. The molecule has 0 aromatic heterocycles. The molecular weight excluding hydrogens is 327 g/mol. The van der Waals surface area contributed by atoms with E-state index in [1.807, 2.05) is 0 Å². The van der Waals surface area contributed by atoms with Crippen LogP contribution < -0.4 is 11.5 Å². The number of nitrogens with zero attached hydrogens (tertiary/aromatic N) is 1. The summed E-state index contributed by atoms with van der Waals surface area (Å²) in [5.41, 5.74) is 9.52. The first-order chi connectivity index (χ1) is 9.70. The molecule has 1 aromatic carbocycles. The Bertz CT molecular complexity index is 588. The van der Waals surface area contributed by atoms with Gasteiger partial charge in [-0.2, -0.15) is 13.2 Å². The Labute approximate surface area is 128 Å². The summed E-state index contributed by atoms with van der Waals surface area (Å²) in [6.07, 6.45) is -3.05. The van der Waals surface area contributed by atoms with Crippen molar-refractivity contribution in [2.24, 2.45) is 16.5 Å². The third kappa shape index (κ3) is 6.09. The Balaban J connectivity index is 2.84. The van der Waals surface area contributed by atoms with Crippen LogP contribution in [0.5, 0.6) is 0 Å². The molecule has 0 saturated heterocycles. The second-order valence-electron chi connectivity index (χ2n) is 3.77. The number of carbonyl (C=O) groups is 1. The van der Waals surface area contributed by atoms with Crippen LogP contribution >= 0.6 is 23.4 Å². The van der Waals surface area contributed by atoms with Crippen molar-refractivity contribution in [3.8, 4) is 0 Å². The number of nitrogens with two attached hydrogens (primary N) is 2. The van der Waals surface area contributed by atoms with Gasteiger partial charge in [-0.3, -0.25) is 4.79 Å². The predicted molar refractivity (Wildman–Crippen MR) is 78.3 cm³/mol. The average Bonchev–Trinajstić information content (AvgIpc) is 2.35. The van der Waals surface area contributed by atoms with E-state index >= 15 is 0 Å². The third-order valence-electron chi connectivity index (χ3n) is 2.10. The molecule has 0 fully saturated rings. The quantitative estimate of drug-likeness (QED) is 0.652. The maximum absolute atomic E-state index is 12.7. The van der Waals surface area contributed by atoms with E-state index in [-0.39, 0.29) is 17.3 Å². The van der Waals surface area contributed by atoms with Crippen LogP contribution in [0.15, 0.2) is 34.7 Å². The number of hydrogen-bond donors (Lipinski definition) is 2. The molecule has 0 aliphatic carbocycles. The largest absolute Gasteiger partial charge is 0.417 e. The van der Waals surface area contributed by atoms with Gasteiger partial charge >= 0.3 is 6.18 Å². The van der Waals surface area contributed by atoms with Crippen molar-refractivity contribution in [2.45, 2.75) is 12.6 Å². The minimum Gasteiger partial charge on any atom is -0.378 e. The zero-order chi connectivity index (χ0) is 16.0. The molecule has 0 bridgehead atoms. The van der Waals surface area contributed by atoms with Gasteiger partial charge in [0, 0.05) is 6.42 Å². The number of amidine groups is 1. The topological polar surface area (TPSA) is 81.5 Å². The molecule has 0 unspecified atom stereocenters. The van der Waals surface area contributed by atoms with E-state index in [1.54, 1.807) is 0 Å². The zero-order valence-electron chi connectivity index (χ0n) is 10.5. The van der Waals surface area contributed by atoms with Crippen molar-refractivity contribution in [3.05, 3.63) is 40.3 Å². The molecule has 0 atom stereocenters. The Morgan fingerprint density at radius 2 is 2.05 bits per heavy atom. The Morgan fingerprint density at radius 1 is 1.38 bits per heavy atom. The molecule has 0 spiro atoms. The lowest BCUT2D eigenvalue weighted by atomic mass is 10.2. The van der Waals surface area contributed by atoms with Crippen molar-refractivity contribution in [3.63, 3.8) is 0 Å². The van der Waals surface area contributed by atoms with Crippen molar-refractivity contribution in [2.75, 3.05) is 0 Å². The summed E-state index contributed by atoms with van der Waals surface area (Å²) < 4.78 is 38.0. The molecule has 1 aromatic rings. The molecule has 4 N–H and O–H groups in total. The zero-order valence-corrected chi connectivity index (χ0v) is 12.1. The fraction of sp³-hybridized carbons (Fsp3) is 0.167. The second-order valence-corrected chi connectivity index (χ2v) is 5.11. The molecule has 0 radical (unpaired) electrons. The highest BCUT2D eigenvalue weighted by atomic mass is 35.5. The fourth-order valence-electron chi connectivity index (χ4n) is 1.24. The van der Waals surface area contributed by atoms with Crippen LogP contribution in [-0.4, -0.2) is 11.1 Å². The van der Waals surface area contributed by atoms with Gasteiger partial charge in [0.25, 0.3) is 0 Å². The number of carbonyl (C=O) groups excluding carboxylic acids is 1. The monoisotopic (exact) mass is 337 g/mol. The SMILES string of the molecule is NC(=O)C/C=C/SC(N)=Nc1ccc(Cl)c(C(F)(F)F)c1. The lowest BCUT2D eigenvalue weighted by molar-refractivity contribution is -0.137. The summed E-state index contributed by atoms with van der Waals surface area (Å²) in [5, 5.41) is 1.09. The van der Waals surface area contributed by atoms with Crippen LogP contribution in [0.3, 0.4) is 0 Å². The minimum absolute atomic E-state index is 0.0196. The van der Waals surface area contributed by atoms with E-state index < -0.39 is 22.7 Å². The number of benzene rings is 1. The number of primary amides is 1. The highest BCUT2D eigenvalue weighted by Gasteiger charge is 2.33. The van der Waals surface area contributed by atoms with E-state index in [4.69, 9.17) is 23.1 Å². The Morgan fingerprint density at radius 3 is 2.62 bits per heavy atom. The van der Waals surface area contributed by atoms with Crippen LogP contribution in [-0.2, 0) is 11.0 Å². The van der Waals surface area contributed by atoms with Gasteiger partial charge in [0.2, 0.25) is 5.91 Å². The van der Waals surface area contributed by atoms with Crippen LogP contribution in [0.1, 0.15) is 12.0 Å². The lowest BCUT2D eigenvalue weighted by Crippen LogP contribution is -2.08. The standard InChI is InChI=1S/C12H11ClF3N3OS/c13-9-4-3-7(6-8(9)12(14,15)16)19-11(18)21-5-1-2-10(17)20/h1,3-6H,2H2,(H2,17,20)(H2,18,19)/b5-1+. The summed E-state index contributed by atoms with van der Waals surface area (Å²) in [6.45, 7) is 0. The van der Waals surface area contributed by atoms with E-state index in [0.29, 0.717) is 0 Å². The Hall–Kier alpha value is -1.67. The highest BCUT2D eigenvalue weighted by Crippen LogP contribution is 2.36. The van der Waals surface area contributed by atoms with E-state index in [9.17, 15) is 18.0 Å². The van der Waals surface area contributed by atoms with Crippen molar-refractivity contribution < 1.29 is 18.0 Å². The molecule has 9 heteroatoms. The highest BCUT2D eigenvalue weighted by molar-refractivity contribution is 8.16. The van der Waals surface area contributed by atoms with Gasteiger partial charge in [-0.1, -0.05) is 29.4 Å². The van der Waals surface area contributed by atoms with Gasteiger partial charge in [-0.25, -0.2) is 4.99 Å². The van der Waals surface area contributed by atoms with Gasteiger partial charge in [-0.05, 0) is 23.6 Å². The molecule has 1 amide bonds. The summed E-state index contributed by atoms with van der Waals surface area (Å²) in [4.78, 5) is 14.3. The first-order valence-electron chi connectivity index (χ1n) is 5.51. The fourth-order valence-corrected chi connectivity index (χ4v) is 1.95. The number of amides is 1. The van der Waals surface area contributed by atoms with Gasteiger partial charge in [0.15, 0.2) is 5.17 Å². The van der Waals surface area contributed by atoms with Crippen LogP contribution in [0.25, 0.3) is 0 Å². The maximum Gasteiger partial charge on any atom is 0.417 e. The summed E-state index contributed by atoms with van der Waals surface area (Å²) in [6, 6.07) is 3.23. The predicted octanol–water partition coefficient (Wildman–Crippen LogP) is 3.43. The number of alkyl halides is 3. The maximum atomic E-state index is 12.7. The van der Waals surface area contributed by atoms with Gasteiger partial charge in [0.05, 0.1) is 16.3 Å². The van der Waals surface area contributed by atoms with Crippen LogP contribution in [0.2, 0.25) is 5.02 Å². The number of rotatable bonds is 4. The number of halogens is 4. The smallest absolute Gasteiger partial charge is 0.378 e. The second kappa shape index (κ2) is 7.37. The van der Waals surface area contributed by atoms with Gasteiger partial charge in [-0.15, -0.1) is 0 Å². The minimum atomic E-state index is -4.56. The molecule has 1 rings (SSSR count). The molecule has 4 nitrogen and oxygen atoms in total. The average molecular weight is 338 g/mol. The molecule has 114 valence electrons. The summed E-state index contributed by atoms with van der Waals surface area (Å²) in [5.74, 6) is -0.505. The first-order valence-corrected chi connectivity index (χ1v) is 6.77. The summed E-state index contributed by atoms with van der Waals surface area (Å²) >= 11 is 6.45. The molecule has 0 heterocycles. The van der Waals surface area contributed by atoms with E-state index in [0.717, 1.165) is 23.9 Å². The third-order valence-corrected chi connectivity index (χ3v) is 3.09. The number of hydrogen-bond acceptors (Lipinski definition) is 3. The normalized spacial score (nSPS) is 12.9. The van der Waals surface area contributed by atoms with Crippen molar-refractivity contribution >= 4 is 40.1 Å². The van der Waals surface area contributed by atoms with Crippen LogP contribution in [0.4, 0.5) is 18.9 Å². The first kappa shape index (κ1) is 17.4. The van der Waals surface area contributed by atoms with E-state index in [1.165, 1.54) is 17.6 Å². The molecule has 21 heavy (non-hydrogen) atoms. The summed E-state index contributed by atoms with van der Waals surface area (Å²) in [7, 11) is 0. The molecule has 0 aliphatic rings. The van der Waals surface area contributed by atoms with Crippen molar-refractivity contribution in [1.29, 1.82) is 0 Å². The Kier molecular flexibility index (Phi) is 6.10. The van der Waals surface area contributed by atoms with Crippen LogP contribution in [0, 0.1) is 0 Å². The number of aliphatic imine (C=N–C) groups is 1. The number of thioether (sulfide) groups is 1.